The van der Waals surface area contributed by atoms with E-state index in [-0.39, 0.29) is 11.8 Å². The van der Waals surface area contributed by atoms with E-state index < -0.39 is 0 Å². The summed E-state index contributed by atoms with van der Waals surface area (Å²) in [5.74, 6) is 0.962. The van der Waals surface area contributed by atoms with E-state index in [0.717, 1.165) is 51.3 Å². The quantitative estimate of drug-likeness (QED) is 0.548. The largest absolute Gasteiger partial charge is 0.497 e. The standard InChI is InChI=1S/C27H38N4O3/c1-5-30(6-2)17-14-28-27(33)24-19-22(10-11-25(24)31-15-12-20(3)13-16-31)29-26(32)21-8-7-9-23(18-21)34-4/h7-11,18-20H,5-6,12-17H2,1-4H3,(H,28,33)(H,29,32). The minimum Gasteiger partial charge on any atom is -0.497 e. The Kier molecular flexibility index (Phi) is 9.33. The van der Waals surface area contributed by atoms with E-state index in [0.29, 0.717) is 35.0 Å². The van der Waals surface area contributed by atoms with Crippen molar-refractivity contribution in [3.05, 3.63) is 53.6 Å². The second kappa shape index (κ2) is 12.4. The van der Waals surface area contributed by atoms with Crippen LogP contribution in [0.15, 0.2) is 42.5 Å². The Morgan fingerprint density at radius 1 is 1.06 bits per heavy atom. The lowest BCUT2D eigenvalue weighted by atomic mass is 9.97. The first-order valence-corrected chi connectivity index (χ1v) is 12.3. The third-order valence-corrected chi connectivity index (χ3v) is 6.56. The molecule has 0 saturated carbocycles. The van der Waals surface area contributed by atoms with Crippen molar-refractivity contribution in [2.45, 2.75) is 33.6 Å². The fourth-order valence-corrected chi connectivity index (χ4v) is 4.25. The van der Waals surface area contributed by atoms with Gasteiger partial charge in [0.1, 0.15) is 5.75 Å². The topological polar surface area (TPSA) is 73.9 Å². The number of carbonyl (C=O) groups is 2. The molecule has 0 aromatic heterocycles. The zero-order valence-electron chi connectivity index (χ0n) is 20.9. The molecule has 0 atom stereocenters. The van der Waals surface area contributed by atoms with Crippen LogP contribution in [0.2, 0.25) is 0 Å². The highest BCUT2D eigenvalue weighted by Crippen LogP contribution is 2.29. The summed E-state index contributed by atoms with van der Waals surface area (Å²) in [6, 6.07) is 12.6. The number of likely N-dealkylation sites (N-methyl/N-ethyl adjacent to an activating group) is 1. The van der Waals surface area contributed by atoms with Gasteiger partial charge in [-0.05, 0) is 68.2 Å². The van der Waals surface area contributed by atoms with Crippen molar-refractivity contribution in [1.29, 1.82) is 0 Å². The van der Waals surface area contributed by atoms with Crippen molar-refractivity contribution in [2.24, 2.45) is 5.92 Å². The van der Waals surface area contributed by atoms with Gasteiger partial charge in [-0.15, -0.1) is 0 Å². The fraction of sp³-hybridized carbons (Fsp3) is 0.481. The Labute approximate surface area is 203 Å². The third kappa shape index (κ3) is 6.73. The highest BCUT2D eigenvalue weighted by molar-refractivity contribution is 6.06. The third-order valence-electron chi connectivity index (χ3n) is 6.56. The average molecular weight is 467 g/mol. The van der Waals surface area contributed by atoms with Crippen molar-refractivity contribution >= 4 is 23.2 Å². The Morgan fingerprint density at radius 3 is 2.47 bits per heavy atom. The number of ether oxygens (including phenoxy) is 1. The molecule has 1 heterocycles. The van der Waals surface area contributed by atoms with Crippen molar-refractivity contribution in [3.8, 4) is 5.75 Å². The minimum atomic E-state index is -0.244. The summed E-state index contributed by atoms with van der Waals surface area (Å²) in [7, 11) is 1.57. The number of methoxy groups -OCH3 is 1. The summed E-state index contributed by atoms with van der Waals surface area (Å²) >= 11 is 0. The van der Waals surface area contributed by atoms with Crippen molar-refractivity contribution in [1.82, 2.24) is 10.2 Å². The molecule has 0 spiro atoms. The molecule has 2 aromatic rings. The summed E-state index contributed by atoms with van der Waals surface area (Å²) < 4.78 is 5.22. The van der Waals surface area contributed by atoms with Gasteiger partial charge in [-0.25, -0.2) is 0 Å². The van der Waals surface area contributed by atoms with Gasteiger partial charge in [0.05, 0.1) is 12.7 Å². The highest BCUT2D eigenvalue weighted by atomic mass is 16.5. The van der Waals surface area contributed by atoms with Crippen molar-refractivity contribution in [3.63, 3.8) is 0 Å². The maximum absolute atomic E-state index is 13.2. The maximum Gasteiger partial charge on any atom is 0.255 e. The van der Waals surface area contributed by atoms with Gasteiger partial charge in [-0.1, -0.05) is 26.8 Å². The highest BCUT2D eigenvalue weighted by Gasteiger charge is 2.22. The van der Waals surface area contributed by atoms with Gasteiger partial charge in [0.25, 0.3) is 11.8 Å². The molecule has 184 valence electrons. The smallest absolute Gasteiger partial charge is 0.255 e. The summed E-state index contributed by atoms with van der Waals surface area (Å²) in [6.07, 6.45) is 2.22. The number of carbonyl (C=O) groups excluding carboxylic acids is 2. The molecule has 2 amide bonds. The van der Waals surface area contributed by atoms with Crippen LogP contribution in [0.4, 0.5) is 11.4 Å². The lowest BCUT2D eigenvalue weighted by molar-refractivity contribution is 0.0948. The summed E-state index contributed by atoms with van der Waals surface area (Å²) in [5.41, 5.74) is 2.61. The average Bonchev–Trinajstić information content (AvgIpc) is 2.87. The van der Waals surface area contributed by atoms with Crippen LogP contribution in [0, 0.1) is 5.92 Å². The summed E-state index contributed by atoms with van der Waals surface area (Å²) in [4.78, 5) is 30.6. The second-order valence-electron chi connectivity index (χ2n) is 8.87. The number of piperidine rings is 1. The van der Waals surface area contributed by atoms with Gasteiger partial charge in [-0.2, -0.15) is 0 Å². The molecule has 2 aromatic carbocycles. The molecule has 34 heavy (non-hydrogen) atoms. The van der Waals surface area contributed by atoms with Gasteiger partial charge >= 0.3 is 0 Å². The monoisotopic (exact) mass is 466 g/mol. The van der Waals surface area contributed by atoms with E-state index in [1.807, 2.05) is 12.1 Å². The normalized spacial score (nSPS) is 14.2. The zero-order valence-corrected chi connectivity index (χ0v) is 20.9. The molecule has 0 unspecified atom stereocenters. The van der Waals surface area contributed by atoms with Crippen LogP contribution >= 0.6 is 0 Å². The number of hydrogen-bond acceptors (Lipinski definition) is 5. The first-order chi connectivity index (χ1) is 16.4. The van der Waals surface area contributed by atoms with Crippen molar-refractivity contribution < 1.29 is 14.3 Å². The number of nitrogens with one attached hydrogen (secondary N) is 2. The lowest BCUT2D eigenvalue weighted by Crippen LogP contribution is -2.37. The number of amides is 2. The molecular weight excluding hydrogens is 428 g/mol. The fourth-order valence-electron chi connectivity index (χ4n) is 4.25. The van der Waals surface area contributed by atoms with E-state index in [4.69, 9.17) is 4.74 Å². The number of rotatable bonds is 10. The predicted molar refractivity (Wildman–Crippen MR) is 138 cm³/mol. The van der Waals surface area contributed by atoms with Crippen LogP contribution < -0.4 is 20.3 Å². The molecule has 1 aliphatic heterocycles. The Bertz CT molecular complexity index is 966. The number of nitrogens with zero attached hydrogens (tertiary/aromatic N) is 2. The minimum absolute atomic E-state index is 0.113. The number of hydrogen-bond donors (Lipinski definition) is 2. The van der Waals surface area contributed by atoms with Crippen LogP contribution in [0.3, 0.4) is 0 Å². The van der Waals surface area contributed by atoms with Crippen LogP contribution in [0.1, 0.15) is 54.3 Å². The molecule has 0 bridgehead atoms. The molecule has 3 rings (SSSR count). The summed E-state index contributed by atoms with van der Waals surface area (Å²) in [5, 5.41) is 6.01. The molecule has 1 fully saturated rings. The molecular formula is C27H38N4O3. The van der Waals surface area contributed by atoms with Crippen molar-refractivity contribution in [2.75, 3.05) is 56.6 Å². The molecule has 2 N–H and O–H groups in total. The first kappa shape index (κ1) is 25.6. The molecule has 0 radical (unpaired) electrons. The van der Waals surface area contributed by atoms with Gasteiger partial charge in [0, 0.05) is 43.1 Å². The number of benzene rings is 2. The van der Waals surface area contributed by atoms with Gasteiger partial charge in [0.15, 0.2) is 0 Å². The molecule has 1 aliphatic rings. The zero-order chi connectivity index (χ0) is 24.5. The van der Waals surface area contributed by atoms with Crippen LogP contribution in [0.25, 0.3) is 0 Å². The molecule has 1 saturated heterocycles. The van der Waals surface area contributed by atoms with Crippen LogP contribution in [-0.4, -0.2) is 63.1 Å². The molecule has 0 aliphatic carbocycles. The predicted octanol–water partition coefficient (Wildman–Crippen LogP) is 4.26. The lowest BCUT2D eigenvalue weighted by Gasteiger charge is -2.33. The van der Waals surface area contributed by atoms with Gasteiger partial charge < -0.3 is 25.2 Å². The van der Waals surface area contributed by atoms with E-state index in [9.17, 15) is 9.59 Å². The Balaban J connectivity index is 1.80. The first-order valence-electron chi connectivity index (χ1n) is 12.3. The number of anilines is 2. The van der Waals surface area contributed by atoms with E-state index in [2.05, 4.69) is 41.2 Å². The molecule has 7 nitrogen and oxygen atoms in total. The van der Waals surface area contributed by atoms with Gasteiger partial charge in [0.2, 0.25) is 0 Å². The maximum atomic E-state index is 13.2. The SMILES string of the molecule is CCN(CC)CCNC(=O)c1cc(NC(=O)c2cccc(OC)c2)ccc1N1CCC(C)CC1. The Morgan fingerprint density at radius 2 is 1.79 bits per heavy atom. The van der Waals surface area contributed by atoms with Crippen LogP contribution in [0.5, 0.6) is 5.75 Å². The second-order valence-corrected chi connectivity index (χ2v) is 8.87. The Hall–Kier alpha value is -3.06. The van der Waals surface area contributed by atoms with Crippen LogP contribution in [-0.2, 0) is 0 Å². The van der Waals surface area contributed by atoms with Gasteiger partial charge in [-0.3, -0.25) is 9.59 Å². The van der Waals surface area contributed by atoms with E-state index >= 15 is 0 Å². The van der Waals surface area contributed by atoms with E-state index in [1.54, 1.807) is 37.4 Å². The molecule has 7 heteroatoms. The summed E-state index contributed by atoms with van der Waals surface area (Å²) in [6.45, 7) is 11.7. The van der Waals surface area contributed by atoms with E-state index in [1.165, 1.54) is 0 Å².